The number of carbonyl (C=O) groups excluding carboxylic acids is 1. The smallest absolute Gasteiger partial charge is 0.267 e. The number of aryl methyl sites for hydroxylation is 2. The molecule has 3 heterocycles. The van der Waals surface area contributed by atoms with Gasteiger partial charge in [-0.2, -0.15) is 0 Å². The van der Waals surface area contributed by atoms with Crippen LogP contribution in [0.5, 0.6) is 0 Å². The van der Waals surface area contributed by atoms with E-state index in [0.717, 1.165) is 10.5 Å². The van der Waals surface area contributed by atoms with Crippen LogP contribution in [-0.2, 0) is 6.54 Å². The lowest BCUT2D eigenvalue weighted by molar-refractivity contribution is 0.0117. The van der Waals surface area contributed by atoms with E-state index < -0.39 is 30.8 Å². The van der Waals surface area contributed by atoms with Crippen molar-refractivity contribution in [1.29, 1.82) is 0 Å². The highest BCUT2D eigenvalue weighted by molar-refractivity contribution is 5.96. The largest absolute Gasteiger partial charge is 0.361 e. The molecule has 0 spiro atoms. The number of amides is 1. The maximum atomic E-state index is 14.3. The van der Waals surface area contributed by atoms with E-state index in [-0.39, 0.29) is 5.56 Å². The molecular weight excluding hydrogens is 368 g/mol. The molecule has 0 aliphatic carbocycles. The number of rotatable bonds is 4. The molecule has 0 saturated carbocycles. The van der Waals surface area contributed by atoms with Gasteiger partial charge < -0.3 is 14.0 Å². The molecule has 28 heavy (non-hydrogen) atoms. The Morgan fingerprint density at radius 2 is 2.04 bits per heavy atom. The first-order chi connectivity index (χ1) is 13.4. The summed E-state index contributed by atoms with van der Waals surface area (Å²) >= 11 is 0. The van der Waals surface area contributed by atoms with Gasteiger partial charge in [0.05, 0.1) is 24.8 Å². The topological polar surface area (TPSA) is 77.1 Å². The Balaban J connectivity index is 1.68. The standard InChI is InChI=1S/C19H19F2N5O2/c1-12-16(13(2)28-24-12)18(27)26-10-19(20,21)8-15(26)17-23-22-11-25(17)9-14-6-4-3-5-7-14/h3-7,11,15H,8-10H2,1-2H3/t15-/m0/s1. The van der Waals surface area contributed by atoms with Crippen LogP contribution in [0.3, 0.4) is 0 Å². The number of carbonyl (C=O) groups is 1. The van der Waals surface area contributed by atoms with Gasteiger partial charge in [-0.1, -0.05) is 35.5 Å². The Hall–Kier alpha value is -3.10. The molecule has 4 rings (SSSR count). The van der Waals surface area contributed by atoms with E-state index >= 15 is 0 Å². The van der Waals surface area contributed by atoms with Crippen LogP contribution in [0.1, 0.15) is 45.7 Å². The van der Waals surface area contributed by atoms with Crippen LogP contribution in [0.4, 0.5) is 8.78 Å². The van der Waals surface area contributed by atoms with E-state index in [2.05, 4.69) is 15.4 Å². The maximum absolute atomic E-state index is 14.3. The van der Waals surface area contributed by atoms with Crippen LogP contribution in [0.2, 0.25) is 0 Å². The summed E-state index contributed by atoms with van der Waals surface area (Å²) in [4.78, 5) is 14.2. The number of halogens is 2. The normalized spacial score (nSPS) is 18.6. The summed E-state index contributed by atoms with van der Waals surface area (Å²) in [5.41, 5.74) is 1.58. The molecule has 146 valence electrons. The summed E-state index contributed by atoms with van der Waals surface area (Å²) in [6, 6.07) is 8.67. The van der Waals surface area contributed by atoms with Crippen molar-refractivity contribution in [2.24, 2.45) is 0 Å². The first-order valence-electron chi connectivity index (χ1n) is 8.89. The molecule has 1 aliphatic heterocycles. The van der Waals surface area contributed by atoms with Gasteiger partial charge >= 0.3 is 0 Å². The highest BCUT2D eigenvalue weighted by atomic mass is 19.3. The minimum atomic E-state index is -3.01. The number of likely N-dealkylation sites (tertiary alicyclic amines) is 1. The zero-order valence-corrected chi connectivity index (χ0v) is 15.5. The van der Waals surface area contributed by atoms with Gasteiger partial charge in [0.25, 0.3) is 11.8 Å². The van der Waals surface area contributed by atoms with Crippen LogP contribution >= 0.6 is 0 Å². The van der Waals surface area contributed by atoms with Crippen LogP contribution < -0.4 is 0 Å². The average molecular weight is 387 g/mol. The molecule has 2 aromatic heterocycles. The van der Waals surface area contributed by atoms with Gasteiger partial charge in [0, 0.05) is 6.42 Å². The van der Waals surface area contributed by atoms with E-state index in [0.29, 0.717) is 23.8 Å². The van der Waals surface area contributed by atoms with Gasteiger partial charge in [0.1, 0.15) is 17.7 Å². The van der Waals surface area contributed by atoms with Crippen molar-refractivity contribution < 1.29 is 18.1 Å². The van der Waals surface area contributed by atoms with Crippen molar-refractivity contribution in [1.82, 2.24) is 24.8 Å². The molecule has 7 nitrogen and oxygen atoms in total. The first-order valence-corrected chi connectivity index (χ1v) is 8.89. The SMILES string of the molecule is Cc1noc(C)c1C(=O)N1CC(F)(F)C[C@H]1c1nncn1Cc1ccccc1. The van der Waals surface area contributed by atoms with Gasteiger partial charge in [-0.3, -0.25) is 4.79 Å². The van der Waals surface area contributed by atoms with Crippen molar-refractivity contribution in [3.8, 4) is 0 Å². The van der Waals surface area contributed by atoms with E-state index in [4.69, 9.17) is 4.52 Å². The Labute approximate surface area is 160 Å². The fourth-order valence-corrected chi connectivity index (χ4v) is 3.62. The molecule has 1 fully saturated rings. The van der Waals surface area contributed by atoms with Crippen LogP contribution in [0.15, 0.2) is 41.2 Å². The van der Waals surface area contributed by atoms with Gasteiger partial charge in [-0.15, -0.1) is 10.2 Å². The second kappa shape index (κ2) is 6.81. The summed E-state index contributed by atoms with van der Waals surface area (Å²) in [5.74, 6) is -2.90. The lowest BCUT2D eigenvalue weighted by Gasteiger charge is -2.23. The highest BCUT2D eigenvalue weighted by Crippen LogP contribution is 2.41. The molecule has 1 aliphatic rings. The average Bonchev–Trinajstić information content (AvgIpc) is 3.33. The second-order valence-corrected chi connectivity index (χ2v) is 7.01. The minimum absolute atomic E-state index is 0.219. The third-order valence-corrected chi connectivity index (χ3v) is 4.92. The summed E-state index contributed by atoms with van der Waals surface area (Å²) in [6.45, 7) is 2.95. The minimum Gasteiger partial charge on any atom is -0.361 e. The molecule has 3 aromatic rings. The van der Waals surface area contributed by atoms with E-state index in [9.17, 15) is 13.6 Å². The van der Waals surface area contributed by atoms with E-state index in [1.807, 2.05) is 30.3 Å². The van der Waals surface area contributed by atoms with Crippen molar-refractivity contribution in [3.05, 3.63) is 65.1 Å². The van der Waals surface area contributed by atoms with Gasteiger partial charge in [-0.05, 0) is 19.4 Å². The molecule has 0 unspecified atom stereocenters. The fraction of sp³-hybridized carbons (Fsp3) is 0.368. The number of aromatic nitrogens is 4. The maximum Gasteiger partial charge on any atom is 0.267 e. The predicted molar refractivity (Wildman–Crippen MR) is 94.9 cm³/mol. The predicted octanol–water partition coefficient (Wildman–Crippen LogP) is 3.15. The van der Waals surface area contributed by atoms with Crippen LogP contribution in [0.25, 0.3) is 0 Å². The quantitative estimate of drug-likeness (QED) is 0.687. The first kappa shape index (κ1) is 18.3. The number of hydrogen-bond donors (Lipinski definition) is 0. The molecule has 1 saturated heterocycles. The lowest BCUT2D eigenvalue weighted by Crippen LogP contribution is -2.34. The Kier molecular flexibility index (Phi) is 4.44. The molecule has 1 atom stereocenters. The summed E-state index contributed by atoms with van der Waals surface area (Å²) in [6.07, 6.45) is 0.993. The van der Waals surface area contributed by atoms with E-state index in [1.54, 1.807) is 18.4 Å². The summed E-state index contributed by atoms with van der Waals surface area (Å²) in [5, 5.41) is 11.7. The Morgan fingerprint density at radius 3 is 2.71 bits per heavy atom. The zero-order valence-electron chi connectivity index (χ0n) is 15.5. The lowest BCUT2D eigenvalue weighted by atomic mass is 10.1. The Morgan fingerprint density at radius 1 is 1.29 bits per heavy atom. The van der Waals surface area contributed by atoms with Gasteiger partial charge in [0.2, 0.25) is 0 Å². The fourth-order valence-electron chi connectivity index (χ4n) is 3.62. The van der Waals surface area contributed by atoms with Crippen molar-refractivity contribution in [3.63, 3.8) is 0 Å². The van der Waals surface area contributed by atoms with Crippen molar-refractivity contribution in [2.45, 2.75) is 38.8 Å². The van der Waals surface area contributed by atoms with Crippen LogP contribution in [0, 0.1) is 13.8 Å². The molecule has 1 aromatic carbocycles. The Bertz CT molecular complexity index is 979. The van der Waals surface area contributed by atoms with Crippen molar-refractivity contribution >= 4 is 5.91 Å². The third-order valence-electron chi connectivity index (χ3n) is 4.92. The molecule has 0 bridgehead atoms. The molecular formula is C19H19F2N5O2. The van der Waals surface area contributed by atoms with Crippen LogP contribution in [-0.4, -0.2) is 43.2 Å². The highest BCUT2D eigenvalue weighted by Gasteiger charge is 2.50. The molecule has 0 radical (unpaired) electrons. The molecule has 9 heteroatoms. The second-order valence-electron chi connectivity index (χ2n) is 7.01. The monoisotopic (exact) mass is 387 g/mol. The van der Waals surface area contributed by atoms with Gasteiger partial charge in [-0.25, -0.2) is 8.78 Å². The molecule has 0 N–H and O–H groups in total. The number of nitrogens with zero attached hydrogens (tertiary/aromatic N) is 5. The number of hydrogen-bond acceptors (Lipinski definition) is 5. The summed E-state index contributed by atoms with van der Waals surface area (Å²) < 4.78 is 35.4. The number of alkyl halides is 2. The van der Waals surface area contributed by atoms with Crippen molar-refractivity contribution in [2.75, 3.05) is 6.54 Å². The van der Waals surface area contributed by atoms with E-state index in [1.165, 1.54) is 6.33 Å². The third kappa shape index (κ3) is 3.28. The number of benzene rings is 1. The van der Waals surface area contributed by atoms with Gasteiger partial charge in [0.15, 0.2) is 5.82 Å². The molecule has 1 amide bonds. The summed E-state index contributed by atoms with van der Waals surface area (Å²) in [7, 11) is 0. The zero-order chi connectivity index (χ0) is 19.9.